The molecule has 0 saturated heterocycles. The monoisotopic (exact) mass is 743 g/mol. The van der Waals surface area contributed by atoms with Crippen molar-refractivity contribution < 1.29 is 4.42 Å². The van der Waals surface area contributed by atoms with Crippen LogP contribution in [0.1, 0.15) is 0 Å². The summed E-state index contributed by atoms with van der Waals surface area (Å²) in [5.74, 6) is 2.41. The van der Waals surface area contributed by atoms with Crippen LogP contribution in [0.15, 0.2) is 205 Å². The zero-order chi connectivity index (χ0) is 38.4. The molecule has 0 unspecified atom stereocenters. The second-order valence-electron chi connectivity index (χ2n) is 14.3. The maximum absolute atomic E-state index is 6.17. The van der Waals surface area contributed by atoms with Gasteiger partial charge in [-0.25, -0.2) is 19.9 Å². The minimum absolute atomic E-state index is 0.593. The summed E-state index contributed by atoms with van der Waals surface area (Å²) in [5, 5.41) is 2.37. The van der Waals surface area contributed by atoms with Gasteiger partial charge >= 0.3 is 0 Å². The molecule has 6 heteroatoms. The first kappa shape index (κ1) is 33.4. The number of hydrogen-bond acceptors (Lipinski definition) is 5. The Morgan fingerprint density at radius 1 is 0.345 bits per heavy atom. The Morgan fingerprint density at radius 3 is 1.62 bits per heavy atom. The van der Waals surface area contributed by atoms with Gasteiger partial charge in [-0.15, -0.1) is 0 Å². The Labute approximate surface area is 334 Å². The smallest absolute Gasteiger partial charge is 0.227 e. The van der Waals surface area contributed by atoms with Gasteiger partial charge in [0.15, 0.2) is 23.1 Å². The summed E-state index contributed by atoms with van der Waals surface area (Å²) in [6.45, 7) is 0. The van der Waals surface area contributed by atoms with Gasteiger partial charge in [-0.1, -0.05) is 146 Å². The summed E-state index contributed by atoms with van der Waals surface area (Å²) in [7, 11) is 0. The highest BCUT2D eigenvalue weighted by Crippen LogP contribution is 2.39. The number of fused-ring (bicyclic) bond motifs is 4. The van der Waals surface area contributed by atoms with E-state index in [1.807, 2.05) is 78.9 Å². The van der Waals surface area contributed by atoms with Crippen LogP contribution < -0.4 is 0 Å². The molecule has 58 heavy (non-hydrogen) atoms. The van der Waals surface area contributed by atoms with Crippen LogP contribution in [-0.2, 0) is 0 Å². The third-order valence-electron chi connectivity index (χ3n) is 10.7. The Hall–Kier alpha value is -7.96. The summed E-state index contributed by atoms with van der Waals surface area (Å²) >= 11 is 0. The molecule has 272 valence electrons. The molecule has 0 amide bonds. The SMILES string of the molecule is c1ccc(-c2nc(-c3ccc(-c4ccc5oc(-c6ccccc6)nc5c4)c(-c4ccccc4)c3)nc(-c3ccc4c5ccccc5n(-c5ccccc5)c4c3)n2)cc1. The molecule has 0 aliphatic heterocycles. The highest BCUT2D eigenvalue weighted by molar-refractivity contribution is 6.10. The highest BCUT2D eigenvalue weighted by atomic mass is 16.3. The molecule has 0 atom stereocenters. The van der Waals surface area contributed by atoms with E-state index in [-0.39, 0.29) is 0 Å². The molecule has 3 heterocycles. The lowest BCUT2D eigenvalue weighted by atomic mass is 9.92. The van der Waals surface area contributed by atoms with Crippen LogP contribution in [0.25, 0.3) is 106 Å². The molecule has 0 aliphatic carbocycles. The molecular weight excluding hydrogens is 711 g/mol. The molecule has 0 radical (unpaired) electrons. The van der Waals surface area contributed by atoms with Crippen molar-refractivity contribution in [3.63, 3.8) is 0 Å². The first-order valence-corrected chi connectivity index (χ1v) is 19.3. The van der Waals surface area contributed by atoms with Crippen molar-refractivity contribution in [2.24, 2.45) is 0 Å². The Balaban J connectivity index is 1.08. The lowest BCUT2D eigenvalue weighted by Gasteiger charge is -2.14. The van der Waals surface area contributed by atoms with Crippen molar-refractivity contribution in [2.75, 3.05) is 0 Å². The molecule has 0 N–H and O–H groups in total. The lowest BCUT2D eigenvalue weighted by molar-refractivity contribution is 0.620. The topological polar surface area (TPSA) is 69.6 Å². The van der Waals surface area contributed by atoms with E-state index in [0.29, 0.717) is 23.4 Å². The van der Waals surface area contributed by atoms with E-state index < -0.39 is 0 Å². The quantitative estimate of drug-likeness (QED) is 0.163. The van der Waals surface area contributed by atoms with Gasteiger partial charge in [0.2, 0.25) is 5.89 Å². The fourth-order valence-corrected chi connectivity index (χ4v) is 7.91. The normalized spacial score (nSPS) is 11.4. The Kier molecular flexibility index (Phi) is 8.04. The maximum atomic E-state index is 6.17. The van der Waals surface area contributed by atoms with Crippen LogP contribution in [0.3, 0.4) is 0 Å². The first-order chi connectivity index (χ1) is 28.7. The van der Waals surface area contributed by atoms with Crippen LogP contribution >= 0.6 is 0 Å². The van der Waals surface area contributed by atoms with E-state index in [1.165, 1.54) is 10.8 Å². The zero-order valence-corrected chi connectivity index (χ0v) is 31.2. The fourth-order valence-electron chi connectivity index (χ4n) is 7.91. The molecule has 0 bridgehead atoms. The number of aromatic nitrogens is 5. The molecule has 11 aromatic rings. The van der Waals surface area contributed by atoms with Gasteiger partial charge in [-0.2, -0.15) is 0 Å². The fraction of sp³-hybridized carbons (Fsp3) is 0. The third-order valence-corrected chi connectivity index (χ3v) is 10.7. The molecule has 8 aromatic carbocycles. The van der Waals surface area contributed by atoms with Gasteiger partial charge in [-0.05, 0) is 76.9 Å². The molecule has 11 rings (SSSR count). The van der Waals surface area contributed by atoms with Crippen molar-refractivity contribution in [1.82, 2.24) is 24.5 Å². The van der Waals surface area contributed by atoms with Crippen molar-refractivity contribution >= 4 is 32.9 Å². The van der Waals surface area contributed by atoms with Crippen LogP contribution in [0.2, 0.25) is 0 Å². The summed E-state index contributed by atoms with van der Waals surface area (Å²) < 4.78 is 8.48. The second-order valence-corrected chi connectivity index (χ2v) is 14.3. The molecular formula is C52H33N5O. The largest absolute Gasteiger partial charge is 0.436 e. The average Bonchev–Trinajstić information content (AvgIpc) is 3.89. The zero-order valence-electron chi connectivity index (χ0n) is 31.2. The van der Waals surface area contributed by atoms with Crippen LogP contribution in [-0.4, -0.2) is 24.5 Å². The van der Waals surface area contributed by atoms with E-state index in [2.05, 4.69) is 126 Å². The highest BCUT2D eigenvalue weighted by Gasteiger charge is 2.19. The Bertz CT molecular complexity index is 3270. The summed E-state index contributed by atoms with van der Waals surface area (Å²) in [6, 6.07) is 68.8. The average molecular weight is 744 g/mol. The predicted octanol–water partition coefficient (Wildman–Crippen LogP) is 13.1. The predicted molar refractivity (Wildman–Crippen MR) is 234 cm³/mol. The summed E-state index contributed by atoms with van der Waals surface area (Å²) in [6.07, 6.45) is 0. The van der Waals surface area contributed by atoms with E-state index in [9.17, 15) is 0 Å². The van der Waals surface area contributed by atoms with Gasteiger partial charge in [0, 0.05) is 38.7 Å². The summed E-state index contributed by atoms with van der Waals surface area (Å²) in [4.78, 5) is 20.3. The molecule has 0 aliphatic rings. The number of nitrogens with zero attached hydrogens (tertiary/aromatic N) is 5. The van der Waals surface area contributed by atoms with E-state index >= 15 is 0 Å². The molecule has 0 fully saturated rings. The van der Waals surface area contributed by atoms with Crippen molar-refractivity contribution in [2.45, 2.75) is 0 Å². The van der Waals surface area contributed by atoms with Gasteiger partial charge in [0.1, 0.15) is 5.52 Å². The maximum Gasteiger partial charge on any atom is 0.227 e. The Morgan fingerprint density at radius 2 is 0.897 bits per heavy atom. The minimum Gasteiger partial charge on any atom is -0.436 e. The van der Waals surface area contributed by atoms with E-state index in [1.54, 1.807) is 0 Å². The van der Waals surface area contributed by atoms with Gasteiger partial charge in [0.25, 0.3) is 0 Å². The number of benzene rings is 8. The standard InChI is InChI=1S/C52H33N5O/c1-5-15-34(16-6-1)44-31-38(25-28-41(44)37-27-30-48-45(32-37)53-52(58-48)36-19-9-3-10-20-36)50-54-49(35-17-7-2-8-18-35)55-51(56-50)39-26-29-43-42-23-13-14-24-46(42)57(47(43)33-39)40-21-11-4-12-22-40/h1-33H. The molecule has 3 aromatic heterocycles. The van der Waals surface area contributed by atoms with Gasteiger partial charge in [0.05, 0.1) is 11.0 Å². The van der Waals surface area contributed by atoms with E-state index in [0.717, 1.165) is 72.3 Å². The minimum atomic E-state index is 0.593. The van der Waals surface area contributed by atoms with Crippen molar-refractivity contribution in [1.29, 1.82) is 0 Å². The van der Waals surface area contributed by atoms with Crippen LogP contribution in [0, 0.1) is 0 Å². The lowest BCUT2D eigenvalue weighted by Crippen LogP contribution is -2.01. The number of rotatable bonds is 7. The van der Waals surface area contributed by atoms with E-state index in [4.69, 9.17) is 24.4 Å². The van der Waals surface area contributed by atoms with Crippen LogP contribution in [0.5, 0.6) is 0 Å². The second kappa shape index (κ2) is 14.0. The molecule has 0 saturated carbocycles. The molecule has 6 nitrogen and oxygen atoms in total. The van der Waals surface area contributed by atoms with Gasteiger partial charge in [-0.3, -0.25) is 0 Å². The van der Waals surface area contributed by atoms with Crippen LogP contribution in [0.4, 0.5) is 0 Å². The number of para-hydroxylation sites is 2. The summed E-state index contributed by atoms with van der Waals surface area (Å²) in [5.41, 5.74) is 12.8. The van der Waals surface area contributed by atoms with Crippen molar-refractivity contribution in [3.05, 3.63) is 200 Å². The van der Waals surface area contributed by atoms with Crippen molar-refractivity contribution in [3.8, 4) is 73.6 Å². The third kappa shape index (κ3) is 5.92. The first-order valence-electron chi connectivity index (χ1n) is 19.3. The number of hydrogen-bond donors (Lipinski definition) is 0. The van der Waals surface area contributed by atoms with Gasteiger partial charge < -0.3 is 8.98 Å². The number of oxazole rings is 1. The molecule has 0 spiro atoms.